The molecule has 0 heterocycles. The molecule has 0 unspecified atom stereocenters. The zero-order chi connectivity index (χ0) is 19.2. The maximum atomic E-state index is 12.6. The molecule has 140 valence electrons. The Morgan fingerprint density at radius 1 is 1.04 bits per heavy atom. The number of esters is 1. The number of fused-ring (bicyclic) bond motifs is 1. The fraction of sp³-hybridized carbons (Fsp3) is 0.286. The van der Waals surface area contributed by atoms with Gasteiger partial charge in [-0.2, -0.15) is 0 Å². The van der Waals surface area contributed by atoms with Crippen molar-refractivity contribution in [2.24, 2.45) is 0 Å². The molecule has 0 aromatic heterocycles. The summed E-state index contributed by atoms with van der Waals surface area (Å²) < 4.78 is 5.49. The van der Waals surface area contributed by atoms with Crippen LogP contribution in [0.5, 0.6) is 0 Å². The highest BCUT2D eigenvalue weighted by molar-refractivity contribution is 5.99. The topological polar surface area (TPSA) is 84.5 Å². The van der Waals surface area contributed by atoms with Gasteiger partial charge < -0.3 is 10.1 Å². The largest absolute Gasteiger partial charge is 0.444 e. The van der Waals surface area contributed by atoms with E-state index in [4.69, 9.17) is 4.74 Å². The Morgan fingerprint density at radius 3 is 2.52 bits per heavy atom. The summed E-state index contributed by atoms with van der Waals surface area (Å²) in [6.45, 7) is 2.12. The van der Waals surface area contributed by atoms with Crippen molar-refractivity contribution < 1.29 is 19.1 Å². The Balaban J connectivity index is 1.79. The molecule has 2 aromatic carbocycles. The maximum absolute atomic E-state index is 12.6. The second-order valence-corrected chi connectivity index (χ2v) is 6.38. The molecular formula is C21H22N2O4. The van der Waals surface area contributed by atoms with E-state index in [1.807, 2.05) is 12.1 Å². The molecule has 2 aromatic rings. The van der Waals surface area contributed by atoms with Crippen LogP contribution in [0.2, 0.25) is 0 Å². The van der Waals surface area contributed by atoms with Crippen molar-refractivity contribution in [1.82, 2.24) is 10.6 Å². The molecule has 0 saturated heterocycles. The van der Waals surface area contributed by atoms with Gasteiger partial charge >= 0.3 is 12.0 Å². The quantitative estimate of drug-likeness (QED) is 0.797. The van der Waals surface area contributed by atoms with Crippen LogP contribution in [-0.4, -0.2) is 24.5 Å². The normalized spacial score (nSPS) is 13.4. The van der Waals surface area contributed by atoms with Crippen molar-refractivity contribution in [2.45, 2.75) is 32.3 Å². The van der Waals surface area contributed by atoms with Gasteiger partial charge in [-0.15, -0.1) is 0 Å². The second-order valence-electron chi connectivity index (χ2n) is 6.38. The van der Waals surface area contributed by atoms with Gasteiger partial charge in [-0.3, -0.25) is 10.1 Å². The third-order valence-electron chi connectivity index (χ3n) is 4.47. The minimum absolute atomic E-state index is 0.379. The Morgan fingerprint density at radius 2 is 1.78 bits per heavy atom. The van der Waals surface area contributed by atoms with E-state index in [9.17, 15) is 14.4 Å². The molecule has 0 aliphatic heterocycles. The number of imide groups is 1. The van der Waals surface area contributed by atoms with Gasteiger partial charge in [0, 0.05) is 12.1 Å². The van der Waals surface area contributed by atoms with Crippen LogP contribution in [0.25, 0.3) is 0 Å². The lowest BCUT2D eigenvalue weighted by atomic mass is 10.1. The minimum Gasteiger partial charge on any atom is -0.444 e. The third kappa shape index (κ3) is 4.53. The second kappa shape index (κ2) is 8.49. The molecule has 3 amide bonds. The molecule has 0 bridgehead atoms. The number of hydrogen-bond acceptors (Lipinski definition) is 4. The SMILES string of the molecule is CCNC(=O)NC(=O)[C@@H](OC(=O)c1ccc2c(c1)CCC2)c1ccccc1. The van der Waals surface area contributed by atoms with E-state index in [1.54, 1.807) is 43.3 Å². The molecule has 0 radical (unpaired) electrons. The Bertz CT molecular complexity index is 849. The van der Waals surface area contributed by atoms with Crippen molar-refractivity contribution in [3.05, 3.63) is 70.8 Å². The van der Waals surface area contributed by atoms with E-state index in [2.05, 4.69) is 10.6 Å². The van der Waals surface area contributed by atoms with Crippen LogP contribution in [0, 0.1) is 0 Å². The van der Waals surface area contributed by atoms with Crippen LogP contribution in [0.15, 0.2) is 48.5 Å². The minimum atomic E-state index is -1.21. The van der Waals surface area contributed by atoms with Crippen LogP contribution < -0.4 is 10.6 Å². The van der Waals surface area contributed by atoms with Gasteiger partial charge in [0.1, 0.15) is 0 Å². The molecule has 1 atom stereocenters. The van der Waals surface area contributed by atoms with Gasteiger partial charge in [-0.1, -0.05) is 36.4 Å². The molecule has 0 fully saturated rings. The number of rotatable bonds is 5. The highest BCUT2D eigenvalue weighted by Crippen LogP contribution is 2.25. The van der Waals surface area contributed by atoms with Crippen molar-refractivity contribution in [3.8, 4) is 0 Å². The van der Waals surface area contributed by atoms with Crippen LogP contribution in [0.4, 0.5) is 4.79 Å². The molecule has 6 heteroatoms. The van der Waals surface area contributed by atoms with Gasteiger partial charge in [0.05, 0.1) is 5.56 Å². The number of aryl methyl sites for hydroxylation is 2. The van der Waals surface area contributed by atoms with Crippen LogP contribution >= 0.6 is 0 Å². The fourth-order valence-corrected chi connectivity index (χ4v) is 3.16. The first-order valence-corrected chi connectivity index (χ1v) is 9.05. The number of amides is 3. The molecule has 0 spiro atoms. The van der Waals surface area contributed by atoms with Crippen LogP contribution in [0.1, 0.15) is 46.5 Å². The number of carbonyl (C=O) groups is 3. The molecule has 3 rings (SSSR count). The van der Waals surface area contributed by atoms with Gasteiger partial charge in [0.2, 0.25) is 6.10 Å². The molecule has 2 N–H and O–H groups in total. The van der Waals surface area contributed by atoms with E-state index in [0.29, 0.717) is 17.7 Å². The van der Waals surface area contributed by atoms with Gasteiger partial charge in [-0.05, 0) is 49.4 Å². The first kappa shape index (κ1) is 18.6. The number of hydrogen-bond donors (Lipinski definition) is 2. The average molecular weight is 366 g/mol. The first-order valence-electron chi connectivity index (χ1n) is 9.05. The van der Waals surface area contributed by atoms with Crippen molar-refractivity contribution >= 4 is 17.9 Å². The lowest BCUT2D eigenvalue weighted by molar-refractivity contribution is -0.129. The molecule has 1 aliphatic rings. The Hall–Kier alpha value is -3.15. The Kier molecular flexibility index (Phi) is 5.86. The van der Waals surface area contributed by atoms with Gasteiger partial charge in [-0.25, -0.2) is 9.59 Å². The Labute approximate surface area is 157 Å². The zero-order valence-corrected chi connectivity index (χ0v) is 15.2. The maximum Gasteiger partial charge on any atom is 0.339 e. The van der Waals surface area contributed by atoms with Gasteiger partial charge in [0.15, 0.2) is 0 Å². The van der Waals surface area contributed by atoms with Crippen LogP contribution in [-0.2, 0) is 22.4 Å². The monoisotopic (exact) mass is 366 g/mol. The summed E-state index contributed by atoms with van der Waals surface area (Å²) in [5.41, 5.74) is 3.30. The highest BCUT2D eigenvalue weighted by Gasteiger charge is 2.27. The van der Waals surface area contributed by atoms with Gasteiger partial charge in [0.25, 0.3) is 5.91 Å². The smallest absolute Gasteiger partial charge is 0.339 e. The van der Waals surface area contributed by atoms with E-state index >= 15 is 0 Å². The summed E-state index contributed by atoms with van der Waals surface area (Å²) in [6.07, 6.45) is 1.83. The molecular weight excluding hydrogens is 344 g/mol. The predicted octanol–water partition coefficient (Wildman–Crippen LogP) is 2.92. The summed E-state index contributed by atoms with van der Waals surface area (Å²) in [6, 6.07) is 13.5. The standard InChI is InChI=1S/C21H22N2O4/c1-2-22-21(26)23-19(24)18(15-7-4-3-5-8-15)27-20(25)17-12-11-14-9-6-10-16(14)13-17/h3-5,7-8,11-13,18H,2,6,9-10H2,1H3,(H2,22,23,24,26)/t18-/m0/s1. The zero-order valence-electron chi connectivity index (χ0n) is 15.2. The molecule has 1 aliphatic carbocycles. The molecule has 0 saturated carbocycles. The highest BCUT2D eigenvalue weighted by atomic mass is 16.5. The van der Waals surface area contributed by atoms with E-state index in [0.717, 1.165) is 24.8 Å². The number of benzene rings is 2. The lowest BCUT2D eigenvalue weighted by Gasteiger charge is -2.18. The van der Waals surface area contributed by atoms with Crippen molar-refractivity contribution in [2.75, 3.05) is 6.54 Å². The summed E-state index contributed by atoms with van der Waals surface area (Å²) in [4.78, 5) is 36.9. The summed E-state index contributed by atoms with van der Waals surface area (Å²) in [5, 5.41) is 4.70. The number of urea groups is 1. The van der Waals surface area contributed by atoms with E-state index < -0.39 is 24.0 Å². The third-order valence-corrected chi connectivity index (χ3v) is 4.47. The number of nitrogens with one attached hydrogen (secondary N) is 2. The lowest BCUT2D eigenvalue weighted by Crippen LogP contribution is -2.42. The number of carbonyl (C=O) groups excluding carboxylic acids is 3. The summed E-state index contributed by atoms with van der Waals surface area (Å²) >= 11 is 0. The van der Waals surface area contributed by atoms with Crippen LogP contribution in [0.3, 0.4) is 0 Å². The van der Waals surface area contributed by atoms with E-state index in [1.165, 1.54) is 5.56 Å². The first-order chi connectivity index (χ1) is 13.1. The summed E-state index contributed by atoms with van der Waals surface area (Å²) in [7, 11) is 0. The van der Waals surface area contributed by atoms with Crippen molar-refractivity contribution in [3.63, 3.8) is 0 Å². The number of ether oxygens (including phenoxy) is 1. The van der Waals surface area contributed by atoms with E-state index in [-0.39, 0.29) is 0 Å². The fourth-order valence-electron chi connectivity index (χ4n) is 3.16. The predicted molar refractivity (Wildman–Crippen MR) is 100 cm³/mol. The summed E-state index contributed by atoms with van der Waals surface area (Å²) in [5.74, 6) is -1.29. The van der Waals surface area contributed by atoms with Crippen molar-refractivity contribution in [1.29, 1.82) is 0 Å². The average Bonchev–Trinajstić information content (AvgIpc) is 3.14. The molecule has 27 heavy (non-hydrogen) atoms. The molecule has 6 nitrogen and oxygen atoms in total.